The first-order valence-electron chi connectivity index (χ1n) is 6.45. The van der Waals surface area contributed by atoms with Gasteiger partial charge in [-0.05, 0) is 43.2 Å². The third-order valence-corrected chi connectivity index (χ3v) is 4.28. The van der Waals surface area contributed by atoms with E-state index in [0.29, 0.717) is 21.3 Å². The number of halogens is 2. The second-order valence-corrected chi connectivity index (χ2v) is 5.59. The molecule has 0 aliphatic rings. The highest BCUT2D eigenvalue weighted by molar-refractivity contribution is 6.37. The van der Waals surface area contributed by atoms with Crippen LogP contribution in [0.25, 0.3) is 0 Å². The fourth-order valence-corrected chi connectivity index (χ4v) is 2.44. The van der Waals surface area contributed by atoms with Crippen LogP contribution in [-0.2, 0) is 4.79 Å². The average molecular weight is 324 g/mol. The zero-order valence-electron chi connectivity index (χ0n) is 11.7. The Labute approximate surface area is 133 Å². The number of carboxylic acid groups (broad SMARTS) is 1. The smallest absolute Gasteiger partial charge is 0.310 e. The first-order chi connectivity index (χ1) is 9.91. The van der Waals surface area contributed by atoms with E-state index >= 15 is 0 Å². The fraction of sp³-hybridized carbons (Fsp3) is 0.188. The fourth-order valence-electron chi connectivity index (χ4n) is 2.02. The Kier molecular flexibility index (Phi) is 4.76. The lowest BCUT2D eigenvalue weighted by Crippen LogP contribution is -2.09. The minimum absolute atomic E-state index is 0.528. The van der Waals surface area contributed by atoms with Crippen LogP contribution < -0.4 is 5.32 Å². The van der Waals surface area contributed by atoms with Gasteiger partial charge >= 0.3 is 5.97 Å². The van der Waals surface area contributed by atoms with Gasteiger partial charge < -0.3 is 10.4 Å². The Hall–Kier alpha value is -1.71. The van der Waals surface area contributed by atoms with Crippen LogP contribution in [0.1, 0.15) is 24.0 Å². The summed E-state index contributed by atoms with van der Waals surface area (Å²) in [4.78, 5) is 11.2. The molecule has 0 saturated carbocycles. The van der Waals surface area contributed by atoms with Gasteiger partial charge in [0.2, 0.25) is 0 Å². The van der Waals surface area contributed by atoms with E-state index < -0.39 is 11.9 Å². The molecule has 21 heavy (non-hydrogen) atoms. The Morgan fingerprint density at radius 2 is 1.81 bits per heavy atom. The second-order valence-electron chi connectivity index (χ2n) is 4.81. The van der Waals surface area contributed by atoms with Crippen molar-refractivity contribution in [1.82, 2.24) is 0 Å². The zero-order valence-corrected chi connectivity index (χ0v) is 13.2. The molecule has 1 unspecified atom stereocenters. The molecule has 0 fully saturated rings. The number of hydrogen-bond acceptors (Lipinski definition) is 2. The second kappa shape index (κ2) is 6.37. The maximum atomic E-state index is 11.2. The highest BCUT2D eigenvalue weighted by Crippen LogP contribution is 2.34. The van der Waals surface area contributed by atoms with Crippen molar-refractivity contribution < 1.29 is 9.90 Å². The number of hydrogen-bond donors (Lipinski definition) is 2. The number of rotatable bonds is 4. The molecule has 0 aromatic heterocycles. The van der Waals surface area contributed by atoms with E-state index in [1.165, 1.54) is 0 Å². The number of carbonyl (C=O) groups is 1. The van der Waals surface area contributed by atoms with E-state index in [1.807, 2.05) is 25.1 Å². The summed E-state index contributed by atoms with van der Waals surface area (Å²) in [7, 11) is 0. The lowest BCUT2D eigenvalue weighted by molar-refractivity contribution is -0.138. The minimum Gasteiger partial charge on any atom is -0.481 e. The molecule has 3 nitrogen and oxygen atoms in total. The third-order valence-electron chi connectivity index (χ3n) is 3.39. The molecule has 0 bridgehead atoms. The van der Waals surface area contributed by atoms with Gasteiger partial charge in [0.05, 0.1) is 16.6 Å². The number of anilines is 2. The summed E-state index contributed by atoms with van der Waals surface area (Å²) in [6, 6.07) is 10.8. The number of para-hydroxylation sites is 1. The van der Waals surface area contributed by atoms with Gasteiger partial charge in [-0.25, -0.2) is 0 Å². The van der Waals surface area contributed by atoms with Crippen molar-refractivity contribution in [2.45, 2.75) is 19.8 Å². The molecule has 2 aromatic carbocycles. The van der Waals surface area contributed by atoms with Gasteiger partial charge in [0.15, 0.2) is 0 Å². The molecule has 0 aliphatic heterocycles. The van der Waals surface area contributed by atoms with Gasteiger partial charge in [-0.1, -0.05) is 41.4 Å². The van der Waals surface area contributed by atoms with Crippen LogP contribution in [0.2, 0.25) is 10.0 Å². The predicted molar refractivity (Wildman–Crippen MR) is 87.0 cm³/mol. The van der Waals surface area contributed by atoms with Crippen LogP contribution in [0.3, 0.4) is 0 Å². The highest BCUT2D eigenvalue weighted by Gasteiger charge is 2.18. The standard InChI is InChI=1S/C16H15Cl2NO2/c1-9(16(20)21)11-5-3-4-6-13(11)19-14-8-7-12(17)10(2)15(14)18/h3-9,19H,1-2H3,(H,20,21). The maximum absolute atomic E-state index is 11.2. The van der Waals surface area contributed by atoms with Gasteiger partial charge in [-0.3, -0.25) is 4.79 Å². The normalized spacial score (nSPS) is 12.0. The Morgan fingerprint density at radius 1 is 1.14 bits per heavy atom. The summed E-state index contributed by atoms with van der Waals surface area (Å²) in [5.74, 6) is -1.48. The summed E-state index contributed by atoms with van der Waals surface area (Å²) in [6.45, 7) is 3.49. The van der Waals surface area contributed by atoms with Gasteiger partial charge in [0.25, 0.3) is 0 Å². The number of nitrogens with one attached hydrogen (secondary N) is 1. The third kappa shape index (κ3) is 3.31. The molecule has 0 heterocycles. The van der Waals surface area contributed by atoms with Crippen LogP contribution in [0.5, 0.6) is 0 Å². The molecular formula is C16H15Cl2NO2. The van der Waals surface area contributed by atoms with Gasteiger partial charge in [0.1, 0.15) is 0 Å². The molecule has 0 radical (unpaired) electrons. The summed E-state index contributed by atoms with van der Waals surface area (Å²) in [6.07, 6.45) is 0. The van der Waals surface area contributed by atoms with Crippen LogP contribution in [-0.4, -0.2) is 11.1 Å². The van der Waals surface area contributed by atoms with E-state index in [2.05, 4.69) is 5.32 Å². The molecule has 0 aliphatic carbocycles. The van der Waals surface area contributed by atoms with Crippen molar-refractivity contribution in [2.24, 2.45) is 0 Å². The molecule has 2 aromatic rings. The average Bonchev–Trinajstić information content (AvgIpc) is 2.47. The SMILES string of the molecule is Cc1c(Cl)ccc(Nc2ccccc2C(C)C(=O)O)c1Cl. The summed E-state index contributed by atoms with van der Waals surface area (Å²) >= 11 is 12.3. The topological polar surface area (TPSA) is 49.3 Å². The molecule has 0 amide bonds. The van der Waals surface area contributed by atoms with E-state index in [1.54, 1.807) is 25.1 Å². The lowest BCUT2D eigenvalue weighted by atomic mass is 9.99. The number of aliphatic carboxylic acids is 1. The van der Waals surface area contributed by atoms with Crippen LogP contribution in [0.15, 0.2) is 36.4 Å². The van der Waals surface area contributed by atoms with Crippen molar-refractivity contribution in [3.8, 4) is 0 Å². The summed E-state index contributed by atoms with van der Waals surface area (Å²) < 4.78 is 0. The number of benzene rings is 2. The Morgan fingerprint density at radius 3 is 2.48 bits per heavy atom. The minimum atomic E-state index is -0.873. The molecule has 0 saturated heterocycles. The van der Waals surface area contributed by atoms with E-state index in [9.17, 15) is 9.90 Å². The van der Waals surface area contributed by atoms with E-state index in [0.717, 1.165) is 11.3 Å². The predicted octanol–water partition coefficient (Wildman–Crippen LogP) is 5.23. The van der Waals surface area contributed by atoms with Crippen LogP contribution in [0, 0.1) is 6.92 Å². The summed E-state index contributed by atoms with van der Waals surface area (Å²) in [5.41, 5.74) is 2.90. The molecule has 5 heteroatoms. The molecular weight excluding hydrogens is 309 g/mol. The Balaban J connectivity index is 2.41. The summed E-state index contributed by atoms with van der Waals surface area (Å²) in [5, 5.41) is 13.5. The molecule has 1 atom stereocenters. The zero-order chi connectivity index (χ0) is 15.6. The first-order valence-corrected chi connectivity index (χ1v) is 7.20. The number of carboxylic acids is 1. The maximum Gasteiger partial charge on any atom is 0.310 e. The molecule has 110 valence electrons. The Bertz CT molecular complexity index is 686. The molecule has 2 rings (SSSR count). The van der Waals surface area contributed by atoms with Crippen molar-refractivity contribution >= 4 is 40.5 Å². The van der Waals surface area contributed by atoms with Gasteiger partial charge in [-0.2, -0.15) is 0 Å². The molecule has 2 N–H and O–H groups in total. The lowest BCUT2D eigenvalue weighted by Gasteiger charge is -2.16. The van der Waals surface area contributed by atoms with E-state index in [-0.39, 0.29) is 0 Å². The monoisotopic (exact) mass is 323 g/mol. The molecule has 0 spiro atoms. The van der Waals surface area contributed by atoms with Crippen molar-refractivity contribution in [3.05, 3.63) is 57.6 Å². The highest BCUT2D eigenvalue weighted by atomic mass is 35.5. The van der Waals surface area contributed by atoms with Crippen molar-refractivity contribution in [1.29, 1.82) is 0 Å². The van der Waals surface area contributed by atoms with Crippen molar-refractivity contribution in [3.63, 3.8) is 0 Å². The quantitative estimate of drug-likeness (QED) is 0.809. The van der Waals surface area contributed by atoms with Crippen LogP contribution >= 0.6 is 23.2 Å². The van der Waals surface area contributed by atoms with E-state index in [4.69, 9.17) is 23.2 Å². The van der Waals surface area contributed by atoms with Crippen molar-refractivity contribution in [2.75, 3.05) is 5.32 Å². The largest absolute Gasteiger partial charge is 0.481 e. The first kappa shape index (κ1) is 15.7. The van der Waals surface area contributed by atoms with Gasteiger partial charge in [0, 0.05) is 10.7 Å². The van der Waals surface area contributed by atoms with Crippen LogP contribution in [0.4, 0.5) is 11.4 Å². The van der Waals surface area contributed by atoms with Gasteiger partial charge in [-0.15, -0.1) is 0 Å².